The van der Waals surface area contributed by atoms with E-state index in [1.54, 1.807) is 36.4 Å². The van der Waals surface area contributed by atoms with Crippen LogP contribution in [0.1, 0.15) is 49.7 Å². The van der Waals surface area contributed by atoms with Crippen molar-refractivity contribution in [3.8, 4) is 5.75 Å². The lowest BCUT2D eigenvalue weighted by atomic mass is 9.49. The number of nitrogens with one attached hydrogen (secondary N) is 1. The first-order valence-electron chi connectivity index (χ1n) is 12.4. The second kappa shape index (κ2) is 9.30. The number of thioether (sulfide) groups is 1. The Hall–Kier alpha value is -2.71. The van der Waals surface area contributed by atoms with Crippen LogP contribution in [0.2, 0.25) is 0 Å². The van der Waals surface area contributed by atoms with E-state index in [2.05, 4.69) is 5.43 Å². The van der Waals surface area contributed by atoms with Crippen LogP contribution in [0.4, 0.5) is 4.39 Å². The molecule has 5 fully saturated rings. The lowest BCUT2D eigenvalue weighted by molar-refractivity contribution is -0.152. The van der Waals surface area contributed by atoms with Crippen LogP contribution in [-0.2, 0) is 16.2 Å². The first-order valence-corrected chi connectivity index (χ1v) is 13.7. The Morgan fingerprint density at radius 1 is 1.08 bits per heavy atom. The summed E-state index contributed by atoms with van der Waals surface area (Å²) in [6.45, 7) is 0.133. The number of halogens is 1. The number of carbonyl (C=O) groups excluding carboxylic acids is 2. The molecular weight excluding hydrogens is 495 g/mol. The zero-order valence-corrected chi connectivity index (χ0v) is 21.4. The highest BCUT2D eigenvalue weighted by Gasteiger charge is 2.55. The number of rotatable bonds is 6. The molecule has 1 saturated heterocycles. The molecular formula is C28H27FN2O3S2. The van der Waals surface area contributed by atoms with Gasteiger partial charge in [-0.3, -0.25) is 15.0 Å². The monoisotopic (exact) mass is 522 g/mol. The van der Waals surface area contributed by atoms with Crippen LogP contribution in [0.3, 0.4) is 0 Å². The Bertz CT molecular complexity index is 1220. The van der Waals surface area contributed by atoms with Gasteiger partial charge >= 0.3 is 0 Å². The predicted octanol–water partition coefficient (Wildman–Crippen LogP) is 5.85. The van der Waals surface area contributed by atoms with Gasteiger partial charge in [-0.2, -0.15) is 5.01 Å². The second-order valence-electron chi connectivity index (χ2n) is 10.6. The van der Waals surface area contributed by atoms with E-state index in [0.29, 0.717) is 38.3 Å². The molecule has 4 saturated carbocycles. The largest absolute Gasteiger partial charge is 0.489 e. The minimum absolute atomic E-state index is 0.0458. The van der Waals surface area contributed by atoms with Crippen molar-refractivity contribution >= 4 is 46.2 Å². The highest BCUT2D eigenvalue weighted by molar-refractivity contribution is 8.26. The van der Waals surface area contributed by atoms with Crippen molar-refractivity contribution < 1.29 is 18.7 Å². The van der Waals surface area contributed by atoms with Crippen molar-refractivity contribution in [1.82, 2.24) is 10.4 Å². The van der Waals surface area contributed by atoms with Gasteiger partial charge in [-0.25, -0.2) is 4.39 Å². The average Bonchev–Trinajstić information content (AvgIpc) is 3.11. The molecule has 4 aliphatic carbocycles. The number of nitrogens with zero attached hydrogens (tertiary/aromatic N) is 1. The molecule has 5 nitrogen and oxygen atoms in total. The summed E-state index contributed by atoms with van der Waals surface area (Å²) >= 11 is 6.64. The van der Waals surface area contributed by atoms with E-state index in [-0.39, 0.29) is 29.7 Å². The highest BCUT2D eigenvalue weighted by atomic mass is 32.2. The molecule has 1 N–H and O–H groups in total. The van der Waals surface area contributed by atoms with Crippen LogP contribution in [-0.4, -0.2) is 21.1 Å². The number of ether oxygens (including phenoxy) is 1. The van der Waals surface area contributed by atoms with Gasteiger partial charge in [0.05, 0.1) is 10.3 Å². The quantitative estimate of drug-likeness (QED) is 0.381. The first-order chi connectivity index (χ1) is 17.4. The van der Waals surface area contributed by atoms with Gasteiger partial charge in [0.15, 0.2) is 4.32 Å². The lowest BCUT2D eigenvalue weighted by Crippen LogP contribution is -2.57. The smallest absolute Gasteiger partial charge is 0.285 e. The lowest BCUT2D eigenvalue weighted by Gasteiger charge is -2.55. The van der Waals surface area contributed by atoms with Crippen molar-refractivity contribution in [2.24, 2.45) is 23.2 Å². The zero-order valence-electron chi connectivity index (χ0n) is 19.7. The van der Waals surface area contributed by atoms with Crippen molar-refractivity contribution in [3.05, 3.63) is 70.4 Å². The van der Waals surface area contributed by atoms with Crippen LogP contribution in [0, 0.1) is 29.0 Å². The van der Waals surface area contributed by atoms with Crippen molar-refractivity contribution in [3.63, 3.8) is 0 Å². The maximum absolute atomic E-state index is 13.8. The molecule has 0 aromatic heterocycles. The summed E-state index contributed by atoms with van der Waals surface area (Å²) in [7, 11) is 0. The summed E-state index contributed by atoms with van der Waals surface area (Å²) in [6, 6.07) is 13.7. The Kier molecular flexibility index (Phi) is 6.12. The minimum Gasteiger partial charge on any atom is -0.489 e. The number of hydrogen-bond acceptors (Lipinski definition) is 5. The molecule has 5 aliphatic rings. The van der Waals surface area contributed by atoms with E-state index in [1.165, 1.54) is 42.1 Å². The molecule has 186 valence electrons. The summed E-state index contributed by atoms with van der Waals surface area (Å²) in [5, 5.41) is 1.25. The number of benzene rings is 2. The molecule has 7 rings (SSSR count). The zero-order chi connectivity index (χ0) is 24.9. The van der Waals surface area contributed by atoms with Gasteiger partial charge in [-0.1, -0.05) is 42.1 Å². The summed E-state index contributed by atoms with van der Waals surface area (Å²) in [5.41, 5.74) is 3.84. The van der Waals surface area contributed by atoms with Gasteiger partial charge in [0, 0.05) is 5.56 Å². The number of hydrazine groups is 1. The maximum atomic E-state index is 13.8. The van der Waals surface area contributed by atoms with E-state index in [9.17, 15) is 14.0 Å². The molecule has 36 heavy (non-hydrogen) atoms. The fourth-order valence-corrected chi connectivity index (χ4v) is 7.94. The van der Waals surface area contributed by atoms with Crippen molar-refractivity contribution in [1.29, 1.82) is 0 Å². The molecule has 0 unspecified atom stereocenters. The van der Waals surface area contributed by atoms with Crippen LogP contribution in [0.15, 0.2) is 53.4 Å². The molecule has 2 aromatic carbocycles. The summed E-state index contributed by atoms with van der Waals surface area (Å²) in [4.78, 5) is 27.0. The van der Waals surface area contributed by atoms with Crippen LogP contribution < -0.4 is 10.2 Å². The number of carbonyl (C=O) groups is 2. The van der Waals surface area contributed by atoms with Crippen molar-refractivity contribution in [2.75, 3.05) is 0 Å². The second-order valence-corrected chi connectivity index (χ2v) is 12.3. The molecule has 2 aromatic rings. The number of hydrogen-bond donors (Lipinski definition) is 1. The normalized spacial score (nSPS) is 29.8. The third-order valence-electron chi connectivity index (χ3n) is 8.06. The van der Waals surface area contributed by atoms with Gasteiger partial charge in [0.2, 0.25) is 5.91 Å². The van der Waals surface area contributed by atoms with Gasteiger partial charge < -0.3 is 4.74 Å². The van der Waals surface area contributed by atoms with Crippen LogP contribution in [0.5, 0.6) is 5.75 Å². The van der Waals surface area contributed by atoms with Gasteiger partial charge in [-0.15, -0.1) is 0 Å². The summed E-state index contributed by atoms with van der Waals surface area (Å²) < 4.78 is 19.8. The third kappa shape index (κ3) is 4.45. The van der Waals surface area contributed by atoms with Gasteiger partial charge in [-0.05, 0) is 98.3 Å². The van der Waals surface area contributed by atoms with Crippen molar-refractivity contribution in [2.45, 2.75) is 45.1 Å². The van der Waals surface area contributed by atoms with E-state index in [4.69, 9.17) is 17.0 Å². The van der Waals surface area contributed by atoms with Crippen LogP contribution >= 0.6 is 24.0 Å². The summed E-state index contributed by atoms with van der Waals surface area (Å²) in [6.07, 6.45) is 8.31. The Morgan fingerprint density at radius 2 is 1.72 bits per heavy atom. The van der Waals surface area contributed by atoms with E-state index < -0.39 is 0 Å². The van der Waals surface area contributed by atoms with E-state index >= 15 is 0 Å². The fraction of sp³-hybridized carbons (Fsp3) is 0.393. The number of thiocarbonyl (C=S) groups is 1. The average molecular weight is 523 g/mol. The highest BCUT2D eigenvalue weighted by Crippen LogP contribution is 2.60. The fourth-order valence-electron chi connectivity index (χ4n) is 6.76. The third-order valence-corrected chi connectivity index (χ3v) is 9.36. The Morgan fingerprint density at radius 3 is 2.36 bits per heavy atom. The van der Waals surface area contributed by atoms with Gasteiger partial charge in [0.1, 0.15) is 18.2 Å². The molecule has 8 heteroatoms. The molecule has 0 radical (unpaired) electrons. The standard InChI is InChI=1S/C28H27FN2O3S2/c29-23-4-2-1-3-21(23)16-34-22-7-5-17(6-8-22)12-24-25(32)31(27(35)36-24)30-26(33)28-13-18-9-19(14-28)11-20(10-18)15-28/h1-8,12,18-20H,9-11,13-16H2,(H,30,33)/b24-12+. The molecule has 0 atom stereocenters. The molecule has 0 spiro atoms. The molecule has 2 amide bonds. The Labute approximate surface area is 219 Å². The predicted molar refractivity (Wildman–Crippen MR) is 141 cm³/mol. The van der Waals surface area contributed by atoms with Gasteiger partial charge in [0.25, 0.3) is 5.91 Å². The Balaban J connectivity index is 1.10. The summed E-state index contributed by atoms with van der Waals surface area (Å²) in [5.74, 6) is 1.89. The topological polar surface area (TPSA) is 58.6 Å². The molecule has 4 bridgehead atoms. The molecule has 1 heterocycles. The SMILES string of the molecule is O=C1/C(=C\c2ccc(OCc3ccccc3F)cc2)SC(=S)N1NC(=O)C12CC3CC(CC(C3)C1)C2. The minimum atomic E-state index is -0.347. The maximum Gasteiger partial charge on any atom is 0.285 e. The van der Waals surface area contributed by atoms with Crippen LogP contribution in [0.25, 0.3) is 6.08 Å². The molecule has 1 aliphatic heterocycles. The number of amides is 2. The van der Waals surface area contributed by atoms with E-state index in [1.807, 2.05) is 12.1 Å². The first kappa shape index (κ1) is 23.7. The van der Waals surface area contributed by atoms with E-state index in [0.717, 1.165) is 24.8 Å².